The highest BCUT2D eigenvalue weighted by atomic mass is 14.5. The second-order valence-corrected chi connectivity index (χ2v) is 4.88. The summed E-state index contributed by atoms with van der Waals surface area (Å²) in [6.07, 6.45) is 7.04. The van der Waals surface area contributed by atoms with Gasteiger partial charge in [0, 0.05) is 5.92 Å². The molecule has 0 aromatic heterocycles. The summed E-state index contributed by atoms with van der Waals surface area (Å²) in [5.74, 6) is 1.68. The van der Waals surface area contributed by atoms with Crippen LogP contribution in [0, 0.1) is 29.1 Å². The number of hydrogen-bond acceptors (Lipinski definition) is 1. The van der Waals surface area contributed by atoms with Crippen molar-refractivity contribution < 1.29 is 0 Å². The lowest BCUT2D eigenvalue weighted by molar-refractivity contribution is 0.225. The minimum atomic E-state index is 0.186. The maximum atomic E-state index is 9.36. The predicted molar refractivity (Wildman–Crippen MR) is 63.6 cm³/mol. The molecule has 3 aliphatic carbocycles. The molecule has 1 saturated carbocycles. The Bertz CT molecular complexity index is 440. The Morgan fingerprint density at radius 2 is 1.69 bits per heavy atom. The molecule has 2 bridgehead atoms. The highest BCUT2D eigenvalue weighted by Crippen LogP contribution is 2.49. The Hall–Kier alpha value is -1.55. The van der Waals surface area contributed by atoms with E-state index < -0.39 is 0 Å². The van der Waals surface area contributed by atoms with Crippen molar-refractivity contribution in [1.29, 1.82) is 5.26 Å². The fourth-order valence-corrected chi connectivity index (χ4v) is 3.30. The normalized spacial score (nSPS) is 35.9. The fraction of sp³-hybridized carbons (Fsp3) is 0.400. The third-order valence-corrected chi connectivity index (χ3v) is 4.08. The Balaban J connectivity index is 2.01. The van der Waals surface area contributed by atoms with Crippen LogP contribution in [-0.2, 0) is 0 Å². The lowest BCUT2D eigenvalue weighted by Gasteiger charge is -2.42. The zero-order valence-corrected chi connectivity index (χ0v) is 9.21. The predicted octanol–water partition coefficient (Wildman–Crippen LogP) is 3.51. The number of rotatable bonds is 1. The van der Waals surface area contributed by atoms with Gasteiger partial charge in [0.05, 0.1) is 12.0 Å². The molecular formula is C15H15N. The van der Waals surface area contributed by atoms with E-state index in [1.807, 2.05) is 6.07 Å². The molecule has 0 saturated heterocycles. The van der Waals surface area contributed by atoms with Crippen molar-refractivity contribution in [2.24, 2.45) is 17.8 Å². The number of nitriles is 1. The smallest absolute Gasteiger partial charge is 0.0668 e. The number of fused-ring (bicyclic) bond motifs is 2. The van der Waals surface area contributed by atoms with Gasteiger partial charge in [-0.15, -0.1) is 0 Å². The van der Waals surface area contributed by atoms with E-state index in [9.17, 15) is 5.26 Å². The summed E-state index contributed by atoms with van der Waals surface area (Å²) >= 11 is 0. The third-order valence-electron chi connectivity index (χ3n) is 4.08. The van der Waals surface area contributed by atoms with Crippen LogP contribution in [0.5, 0.6) is 0 Å². The molecule has 3 aliphatic rings. The summed E-state index contributed by atoms with van der Waals surface area (Å²) in [6, 6.07) is 13.1. The largest absolute Gasteiger partial charge is 0.198 e. The second kappa shape index (κ2) is 3.79. The van der Waals surface area contributed by atoms with Crippen LogP contribution in [0.25, 0.3) is 0 Å². The van der Waals surface area contributed by atoms with Crippen molar-refractivity contribution in [2.45, 2.75) is 18.8 Å². The summed E-state index contributed by atoms with van der Waals surface area (Å²) in [5, 5.41) is 9.36. The quantitative estimate of drug-likeness (QED) is 0.649. The molecule has 1 fully saturated rings. The van der Waals surface area contributed by atoms with Gasteiger partial charge in [-0.2, -0.15) is 5.26 Å². The van der Waals surface area contributed by atoms with E-state index in [2.05, 4.69) is 42.5 Å². The van der Waals surface area contributed by atoms with Crippen molar-refractivity contribution in [3.8, 4) is 6.07 Å². The van der Waals surface area contributed by atoms with Crippen LogP contribution in [-0.4, -0.2) is 0 Å². The molecule has 1 aromatic carbocycles. The van der Waals surface area contributed by atoms with Crippen molar-refractivity contribution in [3.05, 3.63) is 48.0 Å². The maximum absolute atomic E-state index is 9.36. The van der Waals surface area contributed by atoms with E-state index in [0.717, 1.165) is 0 Å². The van der Waals surface area contributed by atoms with E-state index >= 15 is 0 Å². The Morgan fingerprint density at radius 3 is 2.31 bits per heavy atom. The minimum absolute atomic E-state index is 0.186. The number of allylic oxidation sites excluding steroid dienone is 2. The molecule has 1 heteroatoms. The molecule has 0 heterocycles. The number of nitrogens with zero attached hydrogens (tertiary/aromatic N) is 1. The van der Waals surface area contributed by atoms with Gasteiger partial charge in [0.15, 0.2) is 0 Å². The summed E-state index contributed by atoms with van der Waals surface area (Å²) in [6.45, 7) is 0. The maximum Gasteiger partial charge on any atom is 0.0668 e. The Morgan fingerprint density at radius 1 is 1.00 bits per heavy atom. The summed E-state index contributed by atoms with van der Waals surface area (Å²) in [4.78, 5) is 0. The molecule has 4 atom stereocenters. The topological polar surface area (TPSA) is 23.8 Å². The molecule has 80 valence electrons. The van der Waals surface area contributed by atoms with Crippen molar-refractivity contribution >= 4 is 0 Å². The van der Waals surface area contributed by atoms with Crippen LogP contribution in [0.2, 0.25) is 0 Å². The number of hydrogen-bond donors (Lipinski definition) is 0. The van der Waals surface area contributed by atoms with Crippen molar-refractivity contribution in [3.63, 3.8) is 0 Å². The first-order valence-corrected chi connectivity index (χ1v) is 6.03. The monoisotopic (exact) mass is 209 g/mol. The van der Waals surface area contributed by atoms with Gasteiger partial charge in [-0.3, -0.25) is 0 Å². The molecule has 1 aromatic rings. The molecule has 16 heavy (non-hydrogen) atoms. The standard InChI is InChI=1S/C15H15N/c16-10-14-11-6-8-13(9-7-11)15(14)12-4-2-1-3-5-12/h1-6,8,11,13-15H,7,9H2/t11-,13-,14+,15+/m0/s1. The Labute approximate surface area is 96.4 Å². The van der Waals surface area contributed by atoms with E-state index in [4.69, 9.17) is 0 Å². The van der Waals surface area contributed by atoms with Gasteiger partial charge >= 0.3 is 0 Å². The molecule has 0 spiro atoms. The lowest BCUT2D eigenvalue weighted by atomic mass is 9.61. The first kappa shape index (κ1) is 9.66. The zero-order chi connectivity index (χ0) is 11.0. The van der Waals surface area contributed by atoms with Gasteiger partial charge in [-0.05, 0) is 30.2 Å². The summed E-state index contributed by atoms with van der Waals surface area (Å²) < 4.78 is 0. The van der Waals surface area contributed by atoms with E-state index in [1.165, 1.54) is 18.4 Å². The van der Waals surface area contributed by atoms with Gasteiger partial charge in [0.2, 0.25) is 0 Å². The second-order valence-electron chi connectivity index (χ2n) is 4.88. The van der Waals surface area contributed by atoms with Crippen LogP contribution in [0.1, 0.15) is 24.3 Å². The van der Waals surface area contributed by atoms with Crippen molar-refractivity contribution in [2.75, 3.05) is 0 Å². The minimum Gasteiger partial charge on any atom is -0.198 e. The highest BCUT2D eigenvalue weighted by Gasteiger charge is 2.41. The zero-order valence-electron chi connectivity index (χ0n) is 9.21. The lowest BCUT2D eigenvalue weighted by Crippen LogP contribution is -2.34. The SMILES string of the molecule is N#C[C@H]1[C@H](c2ccccc2)[C@H]2C=C[C@H]1CC2. The van der Waals surface area contributed by atoms with Crippen LogP contribution in [0.15, 0.2) is 42.5 Å². The average Bonchev–Trinajstić information content (AvgIpc) is 2.40. The molecular weight excluding hydrogens is 194 g/mol. The summed E-state index contributed by atoms with van der Waals surface area (Å²) in [5.41, 5.74) is 1.34. The molecule has 1 nitrogen and oxygen atoms in total. The summed E-state index contributed by atoms with van der Waals surface area (Å²) in [7, 11) is 0. The van der Waals surface area contributed by atoms with Crippen LogP contribution < -0.4 is 0 Å². The van der Waals surface area contributed by atoms with E-state index in [1.54, 1.807) is 0 Å². The Kier molecular flexibility index (Phi) is 2.29. The fourth-order valence-electron chi connectivity index (χ4n) is 3.30. The van der Waals surface area contributed by atoms with Gasteiger partial charge in [0.25, 0.3) is 0 Å². The van der Waals surface area contributed by atoms with Crippen LogP contribution in [0.4, 0.5) is 0 Å². The molecule has 0 unspecified atom stereocenters. The van der Waals surface area contributed by atoms with Crippen LogP contribution in [0.3, 0.4) is 0 Å². The molecule has 4 rings (SSSR count). The van der Waals surface area contributed by atoms with E-state index in [0.29, 0.717) is 17.8 Å². The van der Waals surface area contributed by atoms with E-state index in [-0.39, 0.29) is 5.92 Å². The first-order chi connectivity index (χ1) is 7.90. The average molecular weight is 209 g/mol. The van der Waals surface area contributed by atoms with Crippen molar-refractivity contribution in [1.82, 2.24) is 0 Å². The molecule has 0 radical (unpaired) electrons. The first-order valence-electron chi connectivity index (χ1n) is 6.03. The van der Waals surface area contributed by atoms with Gasteiger partial charge in [-0.1, -0.05) is 42.5 Å². The third kappa shape index (κ3) is 1.38. The van der Waals surface area contributed by atoms with Gasteiger partial charge in [0.1, 0.15) is 0 Å². The molecule has 0 aliphatic heterocycles. The number of benzene rings is 1. The molecule has 0 amide bonds. The van der Waals surface area contributed by atoms with Crippen LogP contribution >= 0.6 is 0 Å². The van der Waals surface area contributed by atoms with Gasteiger partial charge < -0.3 is 0 Å². The highest BCUT2D eigenvalue weighted by molar-refractivity contribution is 5.29. The van der Waals surface area contributed by atoms with Gasteiger partial charge in [-0.25, -0.2) is 0 Å². The molecule has 0 N–H and O–H groups in total.